The zero-order valence-corrected chi connectivity index (χ0v) is 13.6. The second-order valence-corrected chi connectivity index (χ2v) is 5.63. The van der Waals surface area contributed by atoms with E-state index in [4.69, 9.17) is 4.74 Å². The van der Waals surface area contributed by atoms with E-state index >= 15 is 0 Å². The van der Waals surface area contributed by atoms with Crippen molar-refractivity contribution in [3.63, 3.8) is 0 Å². The number of benzene rings is 2. The number of nitrogens with one attached hydrogen (secondary N) is 1. The van der Waals surface area contributed by atoms with Crippen LogP contribution in [0.4, 0.5) is 0 Å². The standard InChI is InChI=1S/C19H21NO3/c1-13(2)17(19(22)23-3)20-18(21)16-12-8-7-11-15(16)14-9-5-4-6-10-14/h4-13,17H,1-3H3,(H,20,21)/t17-/m0/s1. The van der Waals surface area contributed by atoms with E-state index in [9.17, 15) is 9.59 Å². The van der Waals surface area contributed by atoms with Gasteiger partial charge in [-0.15, -0.1) is 0 Å². The molecule has 4 nitrogen and oxygen atoms in total. The normalized spacial score (nSPS) is 11.8. The number of amides is 1. The lowest BCUT2D eigenvalue weighted by Gasteiger charge is -2.20. The second kappa shape index (κ2) is 7.58. The van der Waals surface area contributed by atoms with Gasteiger partial charge >= 0.3 is 5.97 Å². The number of ether oxygens (including phenoxy) is 1. The molecule has 0 heterocycles. The van der Waals surface area contributed by atoms with Crippen LogP contribution in [0.2, 0.25) is 0 Å². The predicted octanol–water partition coefficient (Wildman–Crippen LogP) is 3.28. The molecule has 0 saturated heterocycles. The lowest BCUT2D eigenvalue weighted by atomic mass is 9.98. The number of esters is 1. The van der Waals surface area contributed by atoms with E-state index in [-0.39, 0.29) is 11.8 Å². The monoisotopic (exact) mass is 311 g/mol. The molecular weight excluding hydrogens is 290 g/mol. The first kappa shape index (κ1) is 16.7. The SMILES string of the molecule is COC(=O)[C@@H](NC(=O)c1ccccc1-c1ccccc1)C(C)C. The van der Waals surface area contributed by atoms with Crippen LogP contribution in [0.3, 0.4) is 0 Å². The highest BCUT2D eigenvalue weighted by Crippen LogP contribution is 2.23. The Hall–Kier alpha value is -2.62. The van der Waals surface area contributed by atoms with E-state index in [2.05, 4.69) is 5.32 Å². The van der Waals surface area contributed by atoms with Gasteiger partial charge in [0.25, 0.3) is 5.91 Å². The van der Waals surface area contributed by atoms with Crippen molar-refractivity contribution in [2.45, 2.75) is 19.9 Å². The van der Waals surface area contributed by atoms with Gasteiger partial charge in [0, 0.05) is 5.56 Å². The van der Waals surface area contributed by atoms with Crippen LogP contribution >= 0.6 is 0 Å². The molecule has 0 aliphatic rings. The smallest absolute Gasteiger partial charge is 0.328 e. The first-order chi connectivity index (χ1) is 11.0. The first-order valence-electron chi connectivity index (χ1n) is 7.57. The van der Waals surface area contributed by atoms with Crippen molar-refractivity contribution in [2.24, 2.45) is 5.92 Å². The second-order valence-electron chi connectivity index (χ2n) is 5.63. The first-order valence-corrected chi connectivity index (χ1v) is 7.57. The fourth-order valence-corrected chi connectivity index (χ4v) is 2.39. The van der Waals surface area contributed by atoms with Crippen LogP contribution in [-0.4, -0.2) is 25.0 Å². The fourth-order valence-electron chi connectivity index (χ4n) is 2.39. The molecule has 0 aromatic heterocycles. The molecule has 1 atom stereocenters. The Morgan fingerprint density at radius 2 is 1.57 bits per heavy atom. The highest BCUT2D eigenvalue weighted by atomic mass is 16.5. The van der Waals surface area contributed by atoms with E-state index in [0.717, 1.165) is 11.1 Å². The fraction of sp³-hybridized carbons (Fsp3) is 0.263. The van der Waals surface area contributed by atoms with Gasteiger partial charge in [0.05, 0.1) is 7.11 Å². The summed E-state index contributed by atoms with van der Waals surface area (Å²) in [6.07, 6.45) is 0. The molecular formula is C19H21NO3. The van der Waals surface area contributed by atoms with Gasteiger partial charge in [-0.3, -0.25) is 4.79 Å². The minimum Gasteiger partial charge on any atom is -0.467 e. The Morgan fingerprint density at radius 3 is 2.17 bits per heavy atom. The summed E-state index contributed by atoms with van der Waals surface area (Å²) in [6.45, 7) is 3.73. The zero-order chi connectivity index (χ0) is 16.8. The van der Waals surface area contributed by atoms with E-state index in [0.29, 0.717) is 5.56 Å². The zero-order valence-electron chi connectivity index (χ0n) is 13.6. The highest BCUT2D eigenvalue weighted by Gasteiger charge is 2.26. The molecule has 23 heavy (non-hydrogen) atoms. The van der Waals surface area contributed by atoms with Crippen molar-refractivity contribution in [1.29, 1.82) is 0 Å². The summed E-state index contributed by atoms with van der Waals surface area (Å²) in [6, 6.07) is 16.4. The van der Waals surface area contributed by atoms with Crippen molar-refractivity contribution in [3.8, 4) is 11.1 Å². The van der Waals surface area contributed by atoms with Gasteiger partial charge in [-0.05, 0) is 23.1 Å². The van der Waals surface area contributed by atoms with Crippen molar-refractivity contribution in [2.75, 3.05) is 7.11 Å². The molecule has 0 saturated carbocycles. The average molecular weight is 311 g/mol. The molecule has 2 aromatic rings. The molecule has 2 aromatic carbocycles. The molecule has 0 unspecified atom stereocenters. The Bertz CT molecular complexity index is 680. The Morgan fingerprint density at radius 1 is 0.957 bits per heavy atom. The summed E-state index contributed by atoms with van der Waals surface area (Å²) in [5.74, 6) is -0.783. The third kappa shape index (κ3) is 3.97. The maximum Gasteiger partial charge on any atom is 0.328 e. The third-order valence-electron chi connectivity index (χ3n) is 3.66. The van der Waals surface area contributed by atoms with Crippen LogP contribution in [0.25, 0.3) is 11.1 Å². The van der Waals surface area contributed by atoms with Gasteiger partial charge in [0.15, 0.2) is 0 Å². The summed E-state index contributed by atoms with van der Waals surface area (Å²) in [5.41, 5.74) is 2.32. The molecule has 2 rings (SSSR count). The number of hydrogen-bond donors (Lipinski definition) is 1. The quantitative estimate of drug-likeness (QED) is 0.862. The van der Waals surface area contributed by atoms with E-state index in [1.807, 2.05) is 62.4 Å². The molecule has 120 valence electrons. The van der Waals surface area contributed by atoms with Crippen LogP contribution in [-0.2, 0) is 9.53 Å². The Kier molecular flexibility index (Phi) is 5.52. The minimum absolute atomic E-state index is 0.0599. The van der Waals surface area contributed by atoms with Gasteiger partial charge < -0.3 is 10.1 Å². The summed E-state index contributed by atoms with van der Waals surface area (Å²) in [7, 11) is 1.32. The molecule has 0 spiro atoms. The average Bonchev–Trinajstić information content (AvgIpc) is 2.59. The van der Waals surface area contributed by atoms with Gasteiger partial charge in [-0.1, -0.05) is 62.4 Å². The summed E-state index contributed by atoms with van der Waals surface area (Å²) >= 11 is 0. The number of rotatable bonds is 5. The van der Waals surface area contributed by atoms with Crippen LogP contribution in [0, 0.1) is 5.92 Å². The molecule has 0 bridgehead atoms. The van der Waals surface area contributed by atoms with Crippen LogP contribution in [0.15, 0.2) is 54.6 Å². The molecule has 4 heteroatoms. The highest BCUT2D eigenvalue weighted by molar-refractivity contribution is 6.02. The van der Waals surface area contributed by atoms with Crippen molar-refractivity contribution in [1.82, 2.24) is 5.32 Å². The van der Waals surface area contributed by atoms with Gasteiger partial charge in [0.2, 0.25) is 0 Å². The predicted molar refractivity (Wildman–Crippen MR) is 90.0 cm³/mol. The maximum atomic E-state index is 12.7. The van der Waals surface area contributed by atoms with Crippen LogP contribution in [0.5, 0.6) is 0 Å². The number of carbonyl (C=O) groups is 2. The minimum atomic E-state index is -0.670. The van der Waals surface area contributed by atoms with Crippen LogP contribution < -0.4 is 5.32 Å². The topological polar surface area (TPSA) is 55.4 Å². The lowest BCUT2D eigenvalue weighted by molar-refractivity contribution is -0.144. The van der Waals surface area contributed by atoms with E-state index < -0.39 is 12.0 Å². The summed E-state index contributed by atoms with van der Waals surface area (Å²) in [5, 5.41) is 2.78. The Labute approximate surface area is 136 Å². The molecule has 0 fully saturated rings. The molecule has 1 N–H and O–H groups in total. The van der Waals surface area contributed by atoms with Crippen molar-refractivity contribution < 1.29 is 14.3 Å². The van der Waals surface area contributed by atoms with Gasteiger partial charge in [-0.25, -0.2) is 4.79 Å². The van der Waals surface area contributed by atoms with Gasteiger partial charge in [-0.2, -0.15) is 0 Å². The van der Waals surface area contributed by atoms with E-state index in [1.165, 1.54) is 7.11 Å². The summed E-state index contributed by atoms with van der Waals surface area (Å²) < 4.78 is 4.77. The maximum absolute atomic E-state index is 12.7. The van der Waals surface area contributed by atoms with Crippen molar-refractivity contribution in [3.05, 3.63) is 60.2 Å². The number of hydrogen-bond acceptors (Lipinski definition) is 3. The lowest BCUT2D eigenvalue weighted by Crippen LogP contribution is -2.45. The molecule has 0 radical (unpaired) electrons. The third-order valence-corrected chi connectivity index (χ3v) is 3.66. The Balaban J connectivity index is 2.32. The molecule has 0 aliphatic carbocycles. The number of methoxy groups -OCH3 is 1. The molecule has 1 amide bonds. The molecule has 0 aliphatic heterocycles. The van der Waals surface area contributed by atoms with E-state index in [1.54, 1.807) is 6.07 Å². The number of carbonyl (C=O) groups excluding carboxylic acids is 2. The van der Waals surface area contributed by atoms with Gasteiger partial charge in [0.1, 0.15) is 6.04 Å². The summed E-state index contributed by atoms with van der Waals surface area (Å²) in [4.78, 5) is 24.5. The largest absolute Gasteiger partial charge is 0.467 e. The van der Waals surface area contributed by atoms with Crippen molar-refractivity contribution >= 4 is 11.9 Å². The van der Waals surface area contributed by atoms with Crippen LogP contribution in [0.1, 0.15) is 24.2 Å².